The summed E-state index contributed by atoms with van der Waals surface area (Å²) in [6.45, 7) is 3.08. The van der Waals surface area contributed by atoms with Crippen molar-refractivity contribution in [3.8, 4) is 0 Å². The van der Waals surface area contributed by atoms with Crippen molar-refractivity contribution in [1.82, 2.24) is 15.4 Å². The van der Waals surface area contributed by atoms with Gasteiger partial charge in [0.1, 0.15) is 12.4 Å². The Bertz CT molecular complexity index is 1130. The highest BCUT2D eigenvalue weighted by atomic mass is 19.2. The monoisotopic (exact) mass is 456 g/mol. The third kappa shape index (κ3) is 6.45. The molecule has 9 heteroatoms. The Morgan fingerprint density at radius 3 is 2.61 bits per heavy atom. The molecule has 2 N–H and O–H groups in total. The third-order valence-corrected chi connectivity index (χ3v) is 5.07. The largest absolute Gasteiger partial charge is 0.447 e. The molecule has 2 aromatic carbocycles. The molecule has 0 fully saturated rings. The zero-order valence-electron chi connectivity index (χ0n) is 18.5. The first-order chi connectivity index (χ1) is 15.9. The molecule has 0 saturated carbocycles. The Morgan fingerprint density at radius 2 is 1.88 bits per heavy atom. The van der Waals surface area contributed by atoms with Gasteiger partial charge in [-0.05, 0) is 23.9 Å². The number of hydrogen-bond acceptors (Lipinski definition) is 5. The summed E-state index contributed by atoms with van der Waals surface area (Å²) in [5, 5.41) is 5.73. The van der Waals surface area contributed by atoms with Gasteiger partial charge in [-0.2, -0.15) is 0 Å². The SMILES string of the molecule is CCC[C@@H](COC(=O)Nc1cc2ccccc2cn1)N(NCc1cccc(F)c1F)C(C)=O. The normalized spacial score (nSPS) is 11.8. The van der Waals surface area contributed by atoms with Gasteiger partial charge in [0.25, 0.3) is 0 Å². The van der Waals surface area contributed by atoms with Crippen molar-refractivity contribution in [2.75, 3.05) is 11.9 Å². The number of rotatable bonds is 9. The van der Waals surface area contributed by atoms with Crippen molar-refractivity contribution in [2.45, 2.75) is 39.3 Å². The summed E-state index contributed by atoms with van der Waals surface area (Å²) in [5.41, 5.74) is 2.92. The second kappa shape index (κ2) is 11.3. The van der Waals surface area contributed by atoms with Crippen LogP contribution in [0.15, 0.2) is 54.7 Å². The lowest BCUT2D eigenvalue weighted by atomic mass is 10.1. The fourth-order valence-corrected chi connectivity index (χ4v) is 3.44. The van der Waals surface area contributed by atoms with Crippen LogP contribution in [-0.2, 0) is 16.1 Å². The van der Waals surface area contributed by atoms with Crippen LogP contribution in [0.4, 0.5) is 19.4 Å². The highest BCUT2D eigenvalue weighted by molar-refractivity contribution is 5.89. The number of ether oxygens (including phenoxy) is 1. The number of hydrogen-bond donors (Lipinski definition) is 2. The molecule has 0 bridgehead atoms. The minimum absolute atomic E-state index is 0.0811. The predicted octanol–water partition coefficient (Wildman–Crippen LogP) is 4.78. The van der Waals surface area contributed by atoms with Gasteiger partial charge in [0, 0.05) is 30.6 Å². The van der Waals surface area contributed by atoms with E-state index >= 15 is 0 Å². The summed E-state index contributed by atoms with van der Waals surface area (Å²) in [7, 11) is 0. The molecule has 1 atom stereocenters. The van der Waals surface area contributed by atoms with Crippen molar-refractivity contribution >= 4 is 28.6 Å². The molecule has 7 nitrogen and oxygen atoms in total. The molecule has 0 unspecified atom stereocenters. The Morgan fingerprint density at radius 1 is 1.12 bits per heavy atom. The van der Waals surface area contributed by atoms with Crippen LogP contribution in [0.1, 0.15) is 32.3 Å². The molecule has 2 amide bonds. The third-order valence-electron chi connectivity index (χ3n) is 5.07. The summed E-state index contributed by atoms with van der Waals surface area (Å²) in [6.07, 6.45) is 2.18. The number of pyridine rings is 1. The standard InChI is InChI=1S/C24H26F2N4O3/c1-3-7-20(30(16(2)31)28-14-19-10-6-11-21(25)23(19)26)15-33-24(32)29-22-12-17-8-4-5-9-18(17)13-27-22/h4-6,8-13,20,28H,3,7,14-15H2,1-2H3,(H,27,29,32)/t20-/m0/s1. The van der Waals surface area contributed by atoms with E-state index in [0.29, 0.717) is 18.7 Å². The van der Waals surface area contributed by atoms with Gasteiger partial charge in [-0.1, -0.05) is 49.7 Å². The molecular weight excluding hydrogens is 430 g/mol. The molecule has 174 valence electrons. The first-order valence-corrected chi connectivity index (χ1v) is 10.6. The average molecular weight is 456 g/mol. The van der Waals surface area contributed by atoms with E-state index in [1.165, 1.54) is 24.1 Å². The zero-order chi connectivity index (χ0) is 23.8. The Labute approximate surface area is 190 Å². The molecule has 33 heavy (non-hydrogen) atoms. The molecular formula is C24H26F2N4O3. The Kier molecular flexibility index (Phi) is 8.26. The van der Waals surface area contributed by atoms with Crippen LogP contribution < -0.4 is 10.7 Å². The number of hydrazine groups is 1. The lowest BCUT2D eigenvalue weighted by Gasteiger charge is -2.31. The van der Waals surface area contributed by atoms with Gasteiger partial charge in [0.15, 0.2) is 11.6 Å². The molecule has 0 aliphatic heterocycles. The Balaban J connectivity index is 1.62. The number of halogens is 2. The number of aromatic nitrogens is 1. The number of benzene rings is 2. The smallest absolute Gasteiger partial charge is 0.412 e. The van der Waals surface area contributed by atoms with E-state index in [-0.39, 0.29) is 24.6 Å². The maximum atomic E-state index is 14.0. The Hall–Kier alpha value is -3.59. The molecule has 0 spiro atoms. The lowest BCUT2D eigenvalue weighted by Crippen LogP contribution is -2.50. The van der Waals surface area contributed by atoms with Gasteiger partial charge in [0.05, 0.1) is 6.04 Å². The molecule has 1 heterocycles. The molecule has 3 rings (SSSR count). The van der Waals surface area contributed by atoms with Crippen LogP contribution in [0.3, 0.4) is 0 Å². The van der Waals surface area contributed by atoms with E-state index in [0.717, 1.165) is 16.8 Å². The van der Waals surface area contributed by atoms with E-state index in [1.807, 2.05) is 31.2 Å². The van der Waals surface area contributed by atoms with Crippen molar-refractivity contribution in [1.29, 1.82) is 0 Å². The van der Waals surface area contributed by atoms with Gasteiger partial charge < -0.3 is 4.74 Å². The summed E-state index contributed by atoms with van der Waals surface area (Å²) >= 11 is 0. The van der Waals surface area contributed by atoms with Gasteiger partial charge in [-0.25, -0.2) is 24.0 Å². The van der Waals surface area contributed by atoms with E-state index in [1.54, 1.807) is 12.3 Å². The van der Waals surface area contributed by atoms with E-state index in [2.05, 4.69) is 15.7 Å². The molecule has 0 aliphatic carbocycles. The second-order valence-electron chi connectivity index (χ2n) is 7.52. The molecule has 3 aromatic rings. The predicted molar refractivity (Wildman–Crippen MR) is 121 cm³/mol. The molecule has 0 radical (unpaired) electrons. The van der Waals surface area contributed by atoms with E-state index in [4.69, 9.17) is 4.74 Å². The number of nitrogens with zero attached hydrogens (tertiary/aromatic N) is 2. The second-order valence-corrected chi connectivity index (χ2v) is 7.52. The zero-order valence-corrected chi connectivity index (χ0v) is 18.5. The van der Waals surface area contributed by atoms with Crippen molar-refractivity contribution in [3.63, 3.8) is 0 Å². The maximum absolute atomic E-state index is 14.0. The highest BCUT2D eigenvalue weighted by Gasteiger charge is 2.23. The van der Waals surface area contributed by atoms with E-state index in [9.17, 15) is 18.4 Å². The number of amides is 2. The van der Waals surface area contributed by atoms with Gasteiger partial charge in [-0.15, -0.1) is 0 Å². The summed E-state index contributed by atoms with van der Waals surface area (Å²) in [6, 6.07) is 12.7. The van der Waals surface area contributed by atoms with Crippen LogP contribution in [0.5, 0.6) is 0 Å². The first-order valence-electron chi connectivity index (χ1n) is 10.6. The molecule has 1 aromatic heterocycles. The quantitative estimate of drug-likeness (QED) is 0.453. The van der Waals surface area contributed by atoms with Gasteiger partial charge in [0.2, 0.25) is 5.91 Å². The van der Waals surface area contributed by atoms with Crippen LogP contribution in [-0.4, -0.2) is 34.6 Å². The minimum atomic E-state index is -0.973. The number of nitrogens with one attached hydrogen (secondary N) is 2. The van der Waals surface area contributed by atoms with Gasteiger partial charge >= 0.3 is 6.09 Å². The number of fused-ring (bicyclic) bond motifs is 1. The van der Waals surface area contributed by atoms with Crippen LogP contribution in [0.25, 0.3) is 10.8 Å². The van der Waals surface area contributed by atoms with Crippen molar-refractivity contribution in [3.05, 3.63) is 71.9 Å². The number of carbonyl (C=O) groups is 2. The number of anilines is 1. The van der Waals surface area contributed by atoms with Crippen molar-refractivity contribution < 1.29 is 23.1 Å². The highest BCUT2D eigenvalue weighted by Crippen LogP contribution is 2.17. The maximum Gasteiger partial charge on any atom is 0.412 e. The summed E-state index contributed by atoms with van der Waals surface area (Å²) in [4.78, 5) is 28.7. The average Bonchev–Trinajstić information content (AvgIpc) is 2.80. The van der Waals surface area contributed by atoms with E-state index < -0.39 is 23.8 Å². The fraction of sp³-hybridized carbons (Fsp3) is 0.292. The lowest BCUT2D eigenvalue weighted by molar-refractivity contribution is -0.136. The van der Waals surface area contributed by atoms with Gasteiger partial charge in [-0.3, -0.25) is 15.1 Å². The fourth-order valence-electron chi connectivity index (χ4n) is 3.44. The summed E-state index contributed by atoms with van der Waals surface area (Å²) < 4.78 is 32.8. The van der Waals surface area contributed by atoms with Crippen LogP contribution in [0.2, 0.25) is 0 Å². The minimum Gasteiger partial charge on any atom is -0.447 e. The van der Waals surface area contributed by atoms with Crippen molar-refractivity contribution in [2.24, 2.45) is 0 Å². The summed E-state index contributed by atoms with van der Waals surface area (Å²) in [5.74, 6) is -1.94. The number of carbonyl (C=O) groups excluding carboxylic acids is 2. The van der Waals surface area contributed by atoms with Crippen LogP contribution >= 0.6 is 0 Å². The topological polar surface area (TPSA) is 83.6 Å². The molecule has 0 aliphatic rings. The van der Waals surface area contributed by atoms with Crippen LogP contribution in [0, 0.1) is 11.6 Å². The first kappa shape index (κ1) is 24.1. The molecule has 0 saturated heterocycles.